The number of nitrogens with one attached hydrogen (secondary N) is 1. The minimum atomic E-state index is -0.139. The normalized spacial score (nSPS) is 10.2. The van der Waals surface area contributed by atoms with Crippen LogP contribution in [-0.2, 0) is 0 Å². The Labute approximate surface area is 86.1 Å². The molecule has 2 rings (SSSR count). The molecule has 0 unspecified atom stereocenters. The van der Waals surface area contributed by atoms with Crippen LogP contribution in [0.15, 0.2) is 22.2 Å². The van der Waals surface area contributed by atoms with Gasteiger partial charge in [0.05, 0.1) is 4.88 Å². The number of nitrogens with zero attached hydrogens (tertiary/aromatic N) is 2. The highest BCUT2D eigenvalue weighted by atomic mass is 79.9. The third-order valence-corrected chi connectivity index (χ3v) is 3.29. The van der Waals surface area contributed by atoms with E-state index in [1.165, 1.54) is 17.7 Å². The highest BCUT2D eigenvalue weighted by molar-refractivity contribution is 9.10. The number of hydrogen-bond acceptors (Lipinski definition) is 4. The van der Waals surface area contributed by atoms with Gasteiger partial charge in [-0.15, -0.1) is 11.3 Å². The van der Waals surface area contributed by atoms with Gasteiger partial charge in [0.1, 0.15) is 6.33 Å². The number of rotatable bonds is 2. The monoisotopic (exact) mass is 257 g/mol. The predicted octanol–water partition coefficient (Wildman–Crippen LogP) is 1.86. The Bertz CT molecular complexity index is 423. The SMILES string of the molecule is O=C(c1ncn[nH]1)c1sccc1Br. The molecule has 0 atom stereocenters. The van der Waals surface area contributed by atoms with E-state index in [4.69, 9.17) is 0 Å². The third-order valence-electron chi connectivity index (χ3n) is 1.45. The quantitative estimate of drug-likeness (QED) is 0.836. The first-order valence-electron chi connectivity index (χ1n) is 3.42. The number of carbonyl (C=O) groups is 1. The highest BCUT2D eigenvalue weighted by Gasteiger charge is 2.15. The van der Waals surface area contributed by atoms with Crippen LogP contribution < -0.4 is 0 Å². The van der Waals surface area contributed by atoms with Crippen molar-refractivity contribution >= 4 is 33.0 Å². The van der Waals surface area contributed by atoms with Crippen molar-refractivity contribution in [3.05, 3.63) is 32.9 Å². The van der Waals surface area contributed by atoms with Crippen molar-refractivity contribution < 1.29 is 4.79 Å². The zero-order valence-electron chi connectivity index (χ0n) is 6.32. The zero-order valence-corrected chi connectivity index (χ0v) is 8.72. The van der Waals surface area contributed by atoms with Crippen molar-refractivity contribution in [2.45, 2.75) is 0 Å². The Balaban J connectivity index is 2.39. The number of H-pyrrole nitrogens is 1. The maximum Gasteiger partial charge on any atom is 0.240 e. The van der Waals surface area contributed by atoms with Crippen LogP contribution in [0.3, 0.4) is 0 Å². The summed E-state index contributed by atoms with van der Waals surface area (Å²) in [5.74, 6) is 0.127. The van der Waals surface area contributed by atoms with E-state index < -0.39 is 0 Å². The molecule has 6 heteroatoms. The van der Waals surface area contributed by atoms with Gasteiger partial charge >= 0.3 is 0 Å². The zero-order chi connectivity index (χ0) is 9.26. The molecule has 4 nitrogen and oxygen atoms in total. The lowest BCUT2D eigenvalue weighted by Gasteiger charge is -1.91. The van der Waals surface area contributed by atoms with Crippen molar-refractivity contribution in [2.75, 3.05) is 0 Å². The van der Waals surface area contributed by atoms with Crippen molar-refractivity contribution in [3.63, 3.8) is 0 Å². The largest absolute Gasteiger partial charge is 0.284 e. The molecule has 13 heavy (non-hydrogen) atoms. The first-order chi connectivity index (χ1) is 6.29. The molecule has 0 saturated carbocycles. The summed E-state index contributed by atoms with van der Waals surface area (Å²) < 4.78 is 0.791. The molecule has 0 aliphatic heterocycles. The summed E-state index contributed by atoms with van der Waals surface area (Å²) in [6.07, 6.45) is 1.31. The van der Waals surface area contributed by atoms with Gasteiger partial charge in [0.2, 0.25) is 5.78 Å². The minimum Gasteiger partial charge on any atom is -0.284 e. The summed E-state index contributed by atoms with van der Waals surface area (Å²) in [4.78, 5) is 16.1. The molecule has 0 saturated heterocycles. The summed E-state index contributed by atoms with van der Waals surface area (Å²) in [6.45, 7) is 0. The standard InChI is InChI=1S/C7H4BrN3OS/c8-4-1-2-13-6(4)5(12)7-9-3-10-11-7/h1-3H,(H,9,10,11). The summed E-state index contributed by atoms with van der Waals surface area (Å²) in [7, 11) is 0. The molecule has 0 amide bonds. The fourth-order valence-corrected chi connectivity index (χ4v) is 2.37. The van der Waals surface area contributed by atoms with Gasteiger partial charge in [0, 0.05) is 4.47 Å². The van der Waals surface area contributed by atoms with Crippen molar-refractivity contribution in [1.29, 1.82) is 0 Å². The summed E-state index contributed by atoms with van der Waals surface area (Å²) in [5.41, 5.74) is 0. The summed E-state index contributed by atoms with van der Waals surface area (Å²) in [5, 5.41) is 7.98. The van der Waals surface area contributed by atoms with Crippen LogP contribution in [0.2, 0.25) is 0 Å². The maximum atomic E-state index is 11.6. The molecule has 66 valence electrons. The predicted molar refractivity (Wildman–Crippen MR) is 51.8 cm³/mol. The van der Waals surface area contributed by atoms with E-state index in [9.17, 15) is 4.79 Å². The third kappa shape index (κ3) is 1.54. The molecule has 0 spiro atoms. The molecule has 0 aromatic carbocycles. The molecule has 2 aromatic heterocycles. The number of aromatic nitrogens is 3. The molecular formula is C7H4BrN3OS. The second kappa shape index (κ2) is 3.39. The number of hydrogen-bond donors (Lipinski definition) is 1. The second-order valence-corrected chi connectivity index (χ2v) is 4.03. The van der Waals surface area contributed by atoms with Crippen LogP contribution in [-0.4, -0.2) is 21.0 Å². The molecule has 0 fully saturated rings. The van der Waals surface area contributed by atoms with Gasteiger partial charge < -0.3 is 0 Å². The van der Waals surface area contributed by atoms with Gasteiger partial charge in [0.15, 0.2) is 5.82 Å². The Morgan fingerprint density at radius 2 is 2.46 bits per heavy atom. The Kier molecular flexibility index (Phi) is 2.24. The lowest BCUT2D eigenvalue weighted by molar-refractivity contribution is 0.103. The Morgan fingerprint density at radius 3 is 3.00 bits per heavy atom. The molecule has 2 aromatic rings. The van der Waals surface area contributed by atoms with E-state index in [0.29, 0.717) is 4.88 Å². The van der Waals surface area contributed by atoms with E-state index in [1.807, 2.05) is 11.4 Å². The van der Waals surface area contributed by atoms with Crippen LogP contribution in [0.5, 0.6) is 0 Å². The first-order valence-corrected chi connectivity index (χ1v) is 5.09. The molecule has 0 radical (unpaired) electrons. The molecule has 0 aliphatic carbocycles. The topological polar surface area (TPSA) is 58.6 Å². The molecule has 2 heterocycles. The lowest BCUT2D eigenvalue weighted by Crippen LogP contribution is -2.01. The number of ketones is 1. The first kappa shape index (κ1) is 8.58. The van der Waals surface area contributed by atoms with Gasteiger partial charge in [-0.2, -0.15) is 5.10 Å². The fourth-order valence-electron chi connectivity index (χ4n) is 0.878. The molecular weight excluding hydrogens is 254 g/mol. The second-order valence-electron chi connectivity index (χ2n) is 2.26. The van der Waals surface area contributed by atoms with Gasteiger partial charge in [-0.05, 0) is 27.4 Å². The molecule has 1 N–H and O–H groups in total. The Hall–Kier alpha value is -1.01. The summed E-state index contributed by atoms with van der Waals surface area (Å²) in [6, 6.07) is 1.83. The summed E-state index contributed by atoms with van der Waals surface area (Å²) >= 11 is 4.65. The molecule has 0 aliphatic rings. The van der Waals surface area contributed by atoms with Crippen LogP contribution in [0, 0.1) is 0 Å². The smallest absolute Gasteiger partial charge is 0.240 e. The van der Waals surface area contributed by atoms with Crippen LogP contribution in [0.1, 0.15) is 15.5 Å². The highest BCUT2D eigenvalue weighted by Crippen LogP contribution is 2.24. The van der Waals surface area contributed by atoms with E-state index in [-0.39, 0.29) is 11.6 Å². The lowest BCUT2D eigenvalue weighted by atomic mass is 10.3. The van der Waals surface area contributed by atoms with Crippen molar-refractivity contribution in [1.82, 2.24) is 15.2 Å². The van der Waals surface area contributed by atoms with Gasteiger partial charge in [0.25, 0.3) is 0 Å². The van der Waals surface area contributed by atoms with Gasteiger partial charge in [-0.25, -0.2) is 4.98 Å². The minimum absolute atomic E-state index is 0.139. The molecule has 0 bridgehead atoms. The maximum absolute atomic E-state index is 11.6. The van der Waals surface area contributed by atoms with Crippen LogP contribution in [0.4, 0.5) is 0 Å². The number of aromatic amines is 1. The van der Waals surface area contributed by atoms with Crippen molar-refractivity contribution in [2.24, 2.45) is 0 Å². The number of halogens is 1. The average Bonchev–Trinajstić information content (AvgIpc) is 2.72. The average molecular weight is 258 g/mol. The van der Waals surface area contributed by atoms with E-state index in [2.05, 4.69) is 31.1 Å². The Morgan fingerprint density at radius 1 is 1.62 bits per heavy atom. The van der Waals surface area contributed by atoms with Crippen molar-refractivity contribution in [3.8, 4) is 0 Å². The van der Waals surface area contributed by atoms with Gasteiger partial charge in [-0.3, -0.25) is 9.89 Å². The van der Waals surface area contributed by atoms with E-state index in [0.717, 1.165) is 4.47 Å². The number of carbonyl (C=O) groups excluding carboxylic acids is 1. The van der Waals surface area contributed by atoms with Crippen LogP contribution >= 0.6 is 27.3 Å². The number of thiophene rings is 1. The van der Waals surface area contributed by atoms with E-state index in [1.54, 1.807) is 0 Å². The van der Waals surface area contributed by atoms with Gasteiger partial charge in [-0.1, -0.05) is 0 Å². The van der Waals surface area contributed by atoms with E-state index >= 15 is 0 Å². The van der Waals surface area contributed by atoms with Crippen LogP contribution in [0.25, 0.3) is 0 Å². The fraction of sp³-hybridized carbons (Fsp3) is 0.